The first-order valence-electron chi connectivity index (χ1n) is 13.3. The summed E-state index contributed by atoms with van der Waals surface area (Å²) in [7, 11) is -1.72. The number of benzene rings is 1. The van der Waals surface area contributed by atoms with Gasteiger partial charge in [0, 0.05) is 49.0 Å². The van der Waals surface area contributed by atoms with Crippen LogP contribution < -0.4 is 10.6 Å². The van der Waals surface area contributed by atoms with Crippen LogP contribution in [0.3, 0.4) is 0 Å². The number of hydrogen-bond acceptors (Lipinski definition) is 9. The molecule has 40 heavy (non-hydrogen) atoms. The summed E-state index contributed by atoms with van der Waals surface area (Å²) in [5, 5.41) is 15.5. The van der Waals surface area contributed by atoms with Crippen LogP contribution in [-0.2, 0) is 21.6 Å². The lowest BCUT2D eigenvalue weighted by Crippen LogP contribution is -2.20. The third-order valence-corrected chi connectivity index (χ3v) is 8.23. The second-order valence-corrected chi connectivity index (χ2v) is 12.5. The maximum Gasteiger partial charge on any atom is 0.229 e. The summed E-state index contributed by atoms with van der Waals surface area (Å²) >= 11 is 0. The molecule has 0 amide bonds. The van der Waals surface area contributed by atoms with Gasteiger partial charge < -0.3 is 15.4 Å². The first-order chi connectivity index (χ1) is 19.2. The Kier molecular flexibility index (Phi) is 6.78. The Labute approximate surface area is 231 Å². The molecule has 210 valence electrons. The molecule has 4 heterocycles. The molecule has 0 radical (unpaired) electrons. The van der Waals surface area contributed by atoms with E-state index in [1.807, 2.05) is 30.9 Å². The van der Waals surface area contributed by atoms with Gasteiger partial charge in [-0.15, -0.1) is 0 Å². The number of ether oxygens (including phenoxy) is 1. The van der Waals surface area contributed by atoms with E-state index in [1.165, 1.54) is 12.1 Å². The van der Waals surface area contributed by atoms with Crippen LogP contribution >= 0.6 is 0 Å². The fourth-order valence-electron chi connectivity index (χ4n) is 4.97. The molecular weight excluding hydrogens is 535 g/mol. The number of rotatable bonds is 8. The molecule has 1 aromatic carbocycles. The molecule has 1 saturated carbocycles. The van der Waals surface area contributed by atoms with E-state index in [-0.39, 0.29) is 28.7 Å². The highest BCUT2D eigenvalue weighted by molar-refractivity contribution is 7.90. The van der Waals surface area contributed by atoms with E-state index in [9.17, 15) is 12.8 Å². The van der Waals surface area contributed by atoms with Gasteiger partial charge >= 0.3 is 0 Å². The van der Waals surface area contributed by atoms with Crippen molar-refractivity contribution in [1.82, 2.24) is 29.5 Å². The minimum absolute atomic E-state index is 0.0595. The SMILES string of the molecule is Cc1cc(Nc2nc(Nc3ccc(S(C)(=O)=O)cc3F)nc(-c3cnn(C)c3)c2C2CC2)nn1C1CCCCO1. The number of aryl methyl sites for hydroxylation is 2. The molecule has 11 nitrogen and oxygen atoms in total. The highest BCUT2D eigenvalue weighted by Crippen LogP contribution is 2.47. The molecule has 0 bridgehead atoms. The predicted octanol–water partition coefficient (Wildman–Crippen LogP) is 4.99. The number of anilines is 4. The van der Waals surface area contributed by atoms with Crippen molar-refractivity contribution in [3.05, 3.63) is 53.7 Å². The van der Waals surface area contributed by atoms with Gasteiger partial charge in [0.25, 0.3) is 0 Å². The average Bonchev–Trinajstić information content (AvgIpc) is 3.55. The molecule has 0 spiro atoms. The number of nitrogens with zero attached hydrogens (tertiary/aromatic N) is 6. The van der Waals surface area contributed by atoms with E-state index in [2.05, 4.69) is 15.7 Å². The van der Waals surface area contributed by atoms with Crippen LogP contribution in [0.2, 0.25) is 0 Å². The van der Waals surface area contributed by atoms with Crippen molar-refractivity contribution in [1.29, 1.82) is 0 Å². The van der Waals surface area contributed by atoms with Crippen LogP contribution in [0.15, 0.2) is 41.6 Å². The molecule has 2 aliphatic rings. The zero-order valence-corrected chi connectivity index (χ0v) is 23.4. The first-order valence-corrected chi connectivity index (χ1v) is 15.2. The molecule has 2 fully saturated rings. The van der Waals surface area contributed by atoms with Gasteiger partial charge in [0.1, 0.15) is 11.6 Å². The van der Waals surface area contributed by atoms with Crippen LogP contribution in [-0.4, -0.2) is 50.8 Å². The first kappa shape index (κ1) is 26.4. The van der Waals surface area contributed by atoms with Gasteiger partial charge in [-0.2, -0.15) is 15.2 Å². The van der Waals surface area contributed by atoms with Crippen molar-refractivity contribution in [2.45, 2.75) is 56.1 Å². The summed E-state index contributed by atoms with van der Waals surface area (Å²) in [5.74, 6) is 0.892. The van der Waals surface area contributed by atoms with Crippen molar-refractivity contribution < 1.29 is 17.5 Å². The van der Waals surface area contributed by atoms with Gasteiger partial charge in [-0.25, -0.2) is 22.5 Å². The van der Waals surface area contributed by atoms with Crippen molar-refractivity contribution in [3.8, 4) is 11.3 Å². The van der Waals surface area contributed by atoms with E-state index in [0.29, 0.717) is 17.3 Å². The molecule has 1 aliphatic carbocycles. The third kappa shape index (κ3) is 5.43. The summed E-state index contributed by atoms with van der Waals surface area (Å²) in [6.07, 6.45) is 9.62. The molecule has 13 heteroatoms. The molecular formula is C27H31FN8O3S. The van der Waals surface area contributed by atoms with Gasteiger partial charge in [0.05, 0.1) is 22.5 Å². The molecule has 4 aromatic rings. The third-order valence-electron chi connectivity index (χ3n) is 7.12. The Morgan fingerprint density at radius 2 is 1.93 bits per heavy atom. The number of hydrogen-bond donors (Lipinski definition) is 2. The van der Waals surface area contributed by atoms with Crippen LogP contribution in [0.25, 0.3) is 11.3 Å². The summed E-state index contributed by atoms with van der Waals surface area (Å²) in [6.45, 7) is 2.71. The second kappa shape index (κ2) is 10.3. The summed E-state index contributed by atoms with van der Waals surface area (Å²) in [6, 6.07) is 5.66. The van der Waals surface area contributed by atoms with Gasteiger partial charge in [-0.1, -0.05) is 0 Å². The molecule has 1 saturated heterocycles. The molecule has 1 atom stereocenters. The zero-order chi connectivity index (χ0) is 28.0. The van der Waals surface area contributed by atoms with Gasteiger partial charge in [0.15, 0.2) is 21.9 Å². The Balaban J connectivity index is 1.41. The van der Waals surface area contributed by atoms with Crippen LogP contribution in [0, 0.1) is 12.7 Å². The van der Waals surface area contributed by atoms with Crippen molar-refractivity contribution in [2.24, 2.45) is 7.05 Å². The Bertz CT molecular complexity index is 1670. The topological polar surface area (TPSA) is 129 Å². The molecule has 6 rings (SSSR count). The maximum atomic E-state index is 14.9. The molecule has 1 unspecified atom stereocenters. The fraction of sp³-hybridized carbons (Fsp3) is 0.407. The van der Waals surface area contributed by atoms with Crippen molar-refractivity contribution in [2.75, 3.05) is 23.5 Å². The standard InChI is InChI=1S/C27H31FN8O3S/c1-16-12-22(34-36(16)23-6-4-5-11-39-23)31-26-24(17-7-8-17)25(18-14-29-35(2)15-18)32-27(33-26)30-21-10-9-19(13-20(21)28)40(3,37)38/h9-10,12-15,17,23H,4-8,11H2,1-3H3,(H2,30,31,32,33,34). The Hall–Kier alpha value is -3.84. The van der Waals surface area contributed by atoms with E-state index in [1.54, 1.807) is 10.9 Å². The highest BCUT2D eigenvalue weighted by atomic mass is 32.2. The van der Waals surface area contributed by atoms with Gasteiger partial charge in [0.2, 0.25) is 5.95 Å². The average molecular weight is 567 g/mol. The smallest absolute Gasteiger partial charge is 0.229 e. The number of aromatic nitrogens is 6. The highest BCUT2D eigenvalue weighted by Gasteiger charge is 2.33. The zero-order valence-electron chi connectivity index (χ0n) is 22.6. The summed E-state index contributed by atoms with van der Waals surface area (Å²) in [5.41, 5.74) is 3.48. The van der Waals surface area contributed by atoms with Crippen molar-refractivity contribution >= 4 is 33.1 Å². The predicted molar refractivity (Wildman–Crippen MR) is 148 cm³/mol. The Morgan fingerprint density at radius 1 is 1.10 bits per heavy atom. The van der Waals surface area contributed by atoms with Crippen molar-refractivity contribution in [3.63, 3.8) is 0 Å². The lowest BCUT2D eigenvalue weighted by atomic mass is 10.1. The minimum atomic E-state index is -3.55. The van der Waals surface area contributed by atoms with Crippen LogP contribution in [0.5, 0.6) is 0 Å². The monoisotopic (exact) mass is 566 g/mol. The number of sulfone groups is 1. The van der Waals surface area contributed by atoms with E-state index in [4.69, 9.17) is 19.8 Å². The van der Waals surface area contributed by atoms with Crippen LogP contribution in [0.4, 0.5) is 27.7 Å². The molecule has 1 aliphatic heterocycles. The summed E-state index contributed by atoms with van der Waals surface area (Å²) < 4.78 is 48.2. The van der Waals surface area contributed by atoms with E-state index >= 15 is 0 Å². The minimum Gasteiger partial charge on any atom is -0.357 e. The van der Waals surface area contributed by atoms with Gasteiger partial charge in [-0.05, 0) is 63.1 Å². The fourth-order valence-corrected chi connectivity index (χ4v) is 5.60. The molecule has 2 N–H and O–H groups in total. The second-order valence-electron chi connectivity index (χ2n) is 10.4. The normalized spacial score (nSPS) is 17.6. The lowest BCUT2D eigenvalue weighted by molar-refractivity contribution is -0.0404. The largest absolute Gasteiger partial charge is 0.357 e. The van der Waals surface area contributed by atoms with E-state index < -0.39 is 15.7 Å². The van der Waals surface area contributed by atoms with E-state index in [0.717, 1.165) is 67.9 Å². The quantitative estimate of drug-likeness (QED) is 0.303. The van der Waals surface area contributed by atoms with Gasteiger partial charge in [-0.3, -0.25) is 4.68 Å². The number of halogens is 1. The molecule has 3 aromatic heterocycles. The van der Waals surface area contributed by atoms with Crippen LogP contribution in [0.1, 0.15) is 55.5 Å². The maximum absolute atomic E-state index is 14.9. The summed E-state index contributed by atoms with van der Waals surface area (Å²) in [4.78, 5) is 9.43. The Morgan fingerprint density at radius 3 is 2.58 bits per heavy atom. The lowest BCUT2D eigenvalue weighted by Gasteiger charge is -2.23. The number of nitrogens with one attached hydrogen (secondary N) is 2.